The Bertz CT molecular complexity index is 657. The lowest BCUT2D eigenvalue weighted by atomic mass is 10.1. The molecule has 21 heavy (non-hydrogen) atoms. The highest BCUT2D eigenvalue weighted by molar-refractivity contribution is 6.14. The van der Waals surface area contributed by atoms with Crippen molar-refractivity contribution in [2.24, 2.45) is 0 Å². The average molecular weight is 288 g/mol. The van der Waals surface area contributed by atoms with Gasteiger partial charge in [0.2, 0.25) is 0 Å². The zero-order valence-electron chi connectivity index (χ0n) is 12.6. The quantitative estimate of drug-likeness (QED) is 0.860. The van der Waals surface area contributed by atoms with Crippen LogP contribution < -0.4 is 0 Å². The van der Waals surface area contributed by atoms with Crippen molar-refractivity contribution < 1.29 is 14.3 Å². The highest BCUT2D eigenvalue weighted by Crippen LogP contribution is 2.24. The van der Waals surface area contributed by atoms with Gasteiger partial charge in [0.05, 0.1) is 12.2 Å². The van der Waals surface area contributed by atoms with Gasteiger partial charge in [-0.15, -0.1) is 0 Å². The van der Waals surface area contributed by atoms with Crippen LogP contribution in [0.25, 0.3) is 10.9 Å². The molecule has 1 aromatic heterocycles. The van der Waals surface area contributed by atoms with Crippen LogP contribution in [0.4, 0.5) is 0 Å². The van der Waals surface area contributed by atoms with Crippen molar-refractivity contribution in [2.75, 3.05) is 19.7 Å². The third-order valence-corrected chi connectivity index (χ3v) is 3.45. The highest BCUT2D eigenvalue weighted by Gasteiger charge is 2.26. The number of amides is 1. The standard InChI is InChI=1S/C16H20N2O3/c1-4-18(5-2)15(19)13-11-9-7-8-10-12(11)17-14(13)16(20)21-6-3/h7-10,17H,4-6H2,1-3H3. The number of nitrogens with one attached hydrogen (secondary N) is 1. The van der Waals surface area contributed by atoms with Gasteiger partial charge < -0.3 is 14.6 Å². The van der Waals surface area contributed by atoms with E-state index in [-0.39, 0.29) is 18.2 Å². The van der Waals surface area contributed by atoms with E-state index in [1.807, 2.05) is 38.1 Å². The van der Waals surface area contributed by atoms with E-state index in [1.54, 1.807) is 11.8 Å². The van der Waals surface area contributed by atoms with Gasteiger partial charge in [0.1, 0.15) is 5.69 Å². The summed E-state index contributed by atoms with van der Waals surface area (Å²) < 4.78 is 5.05. The summed E-state index contributed by atoms with van der Waals surface area (Å²) in [5.41, 5.74) is 1.39. The van der Waals surface area contributed by atoms with E-state index < -0.39 is 5.97 Å². The van der Waals surface area contributed by atoms with Gasteiger partial charge >= 0.3 is 5.97 Å². The van der Waals surface area contributed by atoms with Crippen LogP contribution in [-0.2, 0) is 4.74 Å². The van der Waals surface area contributed by atoms with Gasteiger partial charge in [0.15, 0.2) is 0 Å². The Morgan fingerprint density at radius 2 is 1.81 bits per heavy atom. The van der Waals surface area contributed by atoms with Gasteiger partial charge in [-0.2, -0.15) is 0 Å². The van der Waals surface area contributed by atoms with Crippen LogP contribution in [-0.4, -0.2) is 41.5 Å². The first-order valence-electron chi connectivity index (χ1n) is 7.21. The van der Waals surface area contributed by atoms with Gasteiger partial charge in [0.25, 0.3) is 5.91 Å². The van der Waals surface area contributed by atoms with E-state index in [0.29, 0.717) is 18.7 Å². The largest absolute Gasteiger partial charge is 0.461 e. The molecule has 1 N–H and O–H groups in total. The molecule has 0 fully saturated rings. The average Bonchev–Trinajstić information content (AvgIpc) is 2.88. The Labute approximate surface area is 123 Å². The van der Waals surface area contributed by atoms with Crippen LogP contribution in [0.3, 0.4) is 0 Å². The zero-order chi connectivity index (χ0) is 15.4. The molecule has 5 heteroatoms. The molecule has 1 heterocycles. The summed E-state index contributed by atoms with van der Waals surface area (Å²) in [5.74, 6) is -0.648. The Morgan fingerprint density at radius 1 is 1.14 bits per heavy atom. The Hall–Kier alpha value is -2.30. The minimum absolute atomic E-state index is 0.152. The highest BCUT2D eigenvalue weighted by atomic mass is 16.5. The molecule has 1 amide bonds. The van der Waals surface area contributed by atoms with Gasteiger partial charge in [-0.25, -0.2) is 4.79 Å². The van der Waals surface area contributed by atoms with E-state index in [2.05, 4.69) is 4.98 Å². The molecule has 0 saturated carbocycles. The monoisotopic (exact) mass is 288 g/mol. The molecule has 0 atom stereocenters. The number of fused-ring (bicyclic) bond motifs is 1. The smallest absolute Gasteiger partial charge is 0.355 e. The van der Waals surface area contributed by atoms with Crippen LogP contribution in [0.5, 0.6) is 0 Å². The molecule has 0 aliphatic heterocycles. The first-order chi connectivity index (χ1) is 10.1. The third kappa shape index (κ3) is 2.77. The number of ether oxygens (including phenoxy) is 1. The van der Waals surface area contributed by atoms with E-state index in [0.717, 1.165) is 10.9 Å². The molecule has 2 aromatic rings. The summed E-state index contributed by atoms with van der Waals surface area (Å²) in [6.45, 7) is 7.04. The second-order valence-electron chi connectivity index (χ2n) is 4.62. The predicted molar refractivity (Wildman–Crippen MR) is 81.5 cm³/mol. The summed E-state index contributed by atoms with van der Waals surface area (Å²) in [4.78, 5) is 29.5. The van der Waals surface area contributed by atoms with Crippen molar-refractivity contribution in [3.8, 4) is 0 Å². The number of hydrogen-bond acceptors (Lipinski definition) is 3. The fourth-order valence-corrected chi connectivity index (χ4v) is 2.39. The molecule has 0 bridgehead atoms. The van der Waals surface area contributed by atoms with Crippen molar-refractivity contribution >= 4 is 22.8 Å². The third-order valence-electron chi connectivity index (χ3n) is 3.45. The number of para-hydroxylation sites is 1. The number of nitrogens with zero attached hydrogens (tertiary/aromatic N) is 1. The maximum Gasteiger partial charge on any atom is 0.355 e. The van der Waals surface area contributed by atoms with Crippen molar-refractivity contribution in [1.29, 1.82) is 0 Å². The summed E-state index contributed by atoms with van der Waals surface area (Å²) in [6, 6.07) is 7.39. The lowest BCUT2D eigenvalue weighted by molar-refractivity contribution is 0.0513. The maximum atomic E-state index is 12.7. The Balaban J connectivity index is 2.60. The minimum Gasteiger partial charge on any atom is -0.461 e. The van der Waals surface area contributed by atoms with Crippen LogP contribution in [0.15, 0.2) is 24.3 Å². The summed E-state index contributed by atoms with van der Waals surface area (Å²) >= 11 is 0. The molecule has 5 nitrogen and oxygen atoms in total. The van der Waals surface area contributed by atoms with E-state index >= 15 is 0 Å². The molecule has 0 saturated heterocycles. The van der Waals surface area contributed by atoms with Gasteiger partial charge in [-0.1, -0.05) is 18.2 Å². The topological polar surface area (TPSA) is 62.4 Å². The number of carbonyl (C=O) groups excluding carboxylic acids is 2. The molecule has 0 spiro atoms. The summed E-state index contributed by atoms with van der Waals surface area (Å²) in [7, 11) is 0. The van der Waals surface area contributed by atoms with E-state index in [9.17, 15) is 9.59 Å². The van der Waals surface area contributed by atoms with Crippen molar-refractivity contribution in [2.45, 2.75) is 20.8 Å². The SMILES string of the molecule is CCOC(=O)c1[nH]c2ccccc2c1C(=O)N(CC)CC. The number of aromatic nitrogens is 1. The lowest BCUT2D eigenvalue weighted by Gasteiger charge is -2.18. The number of hydrogen-bond donors (Lipinski definition) is 1. The molecular formula is C16H20N2O3. The number of benzene rings is 1. The predicted octanol–water partition coefficient (Wildman–Crippen LogP) is 2.83. The summed E-state index contributed by atoms with van der Waals surface area (Å²) in [6.07, 6.45) is 0. The van der Waals surface area contributed by atoms with Crippen LogP contribution in [0.2, 0.25) is 0 Å². The normalized spacial score (nSPS) is 10.6. The number of esters is 1. The zero-order valence-corrected chi connectivity index (χ0v) is 12.6. The maximum absolute atomic E-state index is 12.7. The number of H-pyrrole nitrogens is 1. The molecule has 0 unspecified atom stereocenters. The molecule has 0 aliphatic rings. The van der Waals surface area contributed by atoms with Gasteiger partial charge in [0, 0.05) is 24.0 Å². The summed E-state index contributed by atoms with van der Waals surface area (Å²) in [5, 5.41) is 0.748. The fourth-order valence-electron chi connectivity index (χ4n) is 2.39. The molecule has 112 valence electrons. The van der Waals surface area contributed by atoms with Crippen molar-refractivity contribution in [3.63, 3.8) is 0 Å². The van der Waals surface area contributed by atoms with Crippen molar-refractivity contribution in [3.05, 3.63) is 35.5 Å². The molecule has 0 aliphatic carbocycles. The first kappa shape index (κ1) is 15.1. The van der Waals surface area contributed by atoms with Gasteiger partial charge in [-0.05, 0) is 26.8 Å². The van der Waals surface area contributed by atoms with E-state index in [1.165, 1.54) is 0 Å². The number of aromatic amines is 1. The molecule has 1 aromatic carbocycles. The lowest BCUT2D eigenvalue weighted by Crippen LogP contribution is -2.31. The number of rotatable bonds is 5. The number of carbonyl (C=O) groups is 2. The second kappa shape index (κ2) is 6.43. The fraction of sp³-hybridized carbons (Fsp3) is 0.375. The Kier molecular flexibility index (Phi) is 4.62. The molecular weight excluding hydrogens is 268 g/mol. The second-order valence-corrected chi connectivity index (χ2v) is 4.62. The van der Waals surface area contributed by atoms with Crippen molar-refractivity contribution in [1.82, 2.24) is 9.88 Å². The van der Waals surface area contributed by atoms with Crippen LogP contribution in [0.1, 0.15) is 41.6 Å². The van der Waals surface area contributed by atoms with Gasteiger partial charge in [-0.3, -0.25) is 4.79 Å². The molecule has 0 radical (unpaired) electrons. The van der Waals surface area contributed by atoms with Crippen LogP contribution in [0, 0.1) is 0 Å². The molecule has 2 rings (SSSR count). The minimum atomic E-state index is -0.496. The van der Waals surface area contributed by atoms with Crippen LogP contribution >= 0.6 is 0 Å². The van der Waals surface area contributed by atoms with E-state index in [4.69, 9.17) is 4.74 Å². The Morgan fingerprint density at radius 3 is 2.43 bits per heavy atom. The first-order valence-corrected chi connectivity index (χ1v) is 7.21.